The SMILES string of the molecule is CCOC(OCC)C(N)C1CCOCC1. The van der Waals surface area contributed by atoms with E-state index in [0.29, 0.717) is 19.1 Å². The van der Waals surface area contributed by atoms with E-state index in [-0.39, 0.29) is 12.3 Å². The normalized spacial score (nSPS) is 20.8. The average molecular weight is 217 g/mol. The van der Waals surface area contributed by atoms with E-state index in [1.807, 2.05) is 13.8 Å². The van der Waals surface area contributed by atoms with Crippen LogP contribution >= 0.6 is 0 Å². The minimum atomic E-state index is -0.261. The van der Waals surface area contributed by atoms with Crippen LogP contribution in [-0.4, -0.2) is 38.8 Å². The van der Waals surface area contributed by atoms with E-state index in [1.54, 1.807) is 0 Å². The quantitative estimate of drug-likeness (QED) is 0.678. The highest BCUT2D eigenvalue weighted by Gasteiger charge is 2.28. The van der Waals surface area contributed by atoms with Gasteiger partial charge in [0.2, 0.25) is 0 Å². The lowest BCUT2D eigenvalue weighted by atomic mass is 9.92. The lowest BCUT2D eigenvalue weighted by Gasteiger charge is -2.32. The van der Waals surface area contributed by atoms with E-state index in [2.05, 4.69) is 0 Å². The Morgan fingerprint density at radius 1 is 1.20 bits per heavy atom. The van der Waals surface area contributed by atoms with Gasteiger partial charge in [-0.2, -0.15) is 0 Å². The van der Waals surface area contributed by atoms with Crippen molar-refractivity contribution in [3.05, 3.63) is 0 Å². The maximum absolute atomic E-state index is 6.16. The largest absolute Gasteiger partial charge is 0.381 e. The van der Waals surface area contributed by atoms with Crippen LogP contribution in [0.4, 0.5) is 0 Å². The van der Waals surface area contributed by atoms with Crippen molar-refractivity contribution in [1.82, 2.24) is 0 Å². The Balaban J connectivity index is 2.41. The Hall–Kier alpha value is -0.160. The van der Waals surface area contributed by atoms with Gasteiger partial charge in [0.1, 0.15) is 0 Å². The lowest BCUT2D eigenvalue weighted by molar-refractivity contribution is -0.160. The van der Waals surface area contributed by atoms with E-state index in [1.165, 1.54) is 0 Å². The predicted molar refractivity (Wildman–Crippen MR) is 58.6 cm³/mol. The molecule has 1 aliphatic heterocycles. The number of ether oxygens (including phenoxy) is 3. The summed E-state index contributed by atoms with van der Waals surface area (Å²) in [6, 6.07) is -0.0335. The zero-order chi connectivity index (χ0) is 11.1. The molecule has 0 spiro atoms. The molecule has 1 saturated heterocycles. The summed E-state index contributed by atoms with van der Waals surface area (Å²) in [5.74, 6) is 0.460. The summed E-state index contributed by atoms with van der Waals surface area (Å²) in [6.07, 6.45) is 1.76. The minimum absolute atomic E-state index is 0.0335. The Kier molecular flexibility index (Phi) is 6.17. The molecule has 1 unspecified atom stereocenters. The average Bonchev–Trinajstić information content (AvgIpc) is 2.29. The summed E-state index contributed by atoms with van der Waals surface area (Å²) in [5, 5.41) is 0. The van der Waals surface area contributed by atoms with Gasteiger partial charge in [-0.3, -0.25) is 0 Å². The van der Waals surface area contributed by atoms with E-state index in [4.69, 9.17) is 19.9 Å². The monoisotopic (exact) mass is 217 g/mol. The number of rotatable bonds is 6. The van der Waals surface area contributed by atoms with Crippen LogP contribution in [0.3, 0.4) is 0 Å². The number of hydrogen-bond donors (Lipinski definition) is 1. The molecule has 4 heteroatoms. The molecule has 4 nitrogen and oxygen atoms in total. The highest BCUT2D eigenvalue weighted by atomic mass is 16.7. The van der Waals surface area contributed by atoms with Crippen LogP contribution in [0, 0.1) is 5.92 Å². The van der Waals surface area contributed by atoms with Gasteiger partial charge in [-0.15, -0.1) is 0 Å². The highest BCUT2D eigenvalue weighted by molar-refractivity contribution is 4.78. The molecule has 0 aromatic rings. The fourth-order valence-electron chi connectivity index (χ4n) is 1.92. The first-order valence-electron chi connectivity index (χ1n) is 5.86. The summed E-state index contributed by atoms with van der Waals surface area (Å²) in [5.41, 5.74) is 6.16. The van der Waals surface area contributed by atoms with E-state index < -0.39 is 0 Å². The van der Waals surface area contributed by atoms with Crippen LogP contribution in [0.25, 0.3) is 0 Å². The summed E-state index contributed by atoms with van der Waals surface area (Å²) in [4.78, 5) is 0. The Labute approximate surface area is 92.1 Å². The molecule has 90 valence electrons. The van der Waals surface area contributed by atoms with Gasteiger partial charge < -0.3 is 19.9 Å². The van der Waals surface area contributed by atoms with Gasteiger partial charge in [-0.05, 0) is 32.6 Å². The molecule has 1 aliphatic rings. The molecule has 2 N–H and O–H groups in total. The second kappa shape index (κ2) is 7.17. The van der Waals surface area contributed by atoms with Crippen LogP contribution in [0.1, 0.15) is 26.7 Å². The first kappa shape index (κ1) is 12.9. The van der Waals surface area contributed by atoms with Gasteiger partial charge in [0.05, 0.1) is 6.04 Å². The van der Waals surface area contributed by atoms with E-state index >= 15 is 0 Å². The smallest absolute Gasteiger partial charge is 0.172 e. The van der Waals surface area contributed by atoms with Gasteiger partial charge in [0.15, 0.2) is 6.29 Å². The van der Waals surface area contributed by atoms with Crippen LogP contribution in [0.5, 0.6) is 0 Å². The van der Waals surface area contributed by atoms with Crippen LogP contribution in [0.2, 0.25) is 0 Å². The summed E-state index contributed by atoms with van der Waals surface area (Å²) < 4.78 is 16.3. The van der Waals surface area contributed by atoms with Crippen molar-refractivity contribution in [1.29, 1.82) is 0 Å². The molecule has 1 rings (SSSR count). The third kappa shape index (κ3) is 4.07. The van der Waals surface area contributed by atoms with Crippen molar-refractivity contribution in [2.45, 2.75) is 39.0 Å². The molecule has 1 heterocycles. The second-order valence-electron chi connectivity index (χ2n) is 3.81. The summed E-state index contributed by atoms with van der Waals surface area (Å²) >= 11 is 0. The zero-order valence-corrected chi connectivity index (χ0v) is 9.78. The maximum atomic E-state index is 6.16. The Bertz CT molecular complexity index is 154. The first-order valence-corrected chi connectivity index (χ1v) is 5.86. The van der Waals surface area contributed by atoms with Gasteiger partial charge in [-0.25, -0.2) is 0 Å². The van der Waals surface area contributed by atoms with Crippen LogP contribution in [0.15, 0.2) is 0 Å². The van der Waals surface area contributed by atoms with Gasteiger partial charge in [0.25, 0.3) is 0 Å². The number of nitrogens with two attached hydrogens (primary N) is 1. The second-order valence-corrected chi connectivity index (χ2v) is 3.81. The predicted octanol–water partition coefficient (Wildman–Crippen LogP) is 1.14. The van der Waals surface area contributed by atoms with Crippen molar-refractivity contribution >= 4 is 0 Å². The van der Waals surface area contributed by atoms with Crippen molar-refractivity contribution in [2.75, 3.05) is 26.4 Å². The maximum Gasteiger partial charge on any atom is 0.172 e. The fraction of sp³-hybridized carbons (Fsp3) is 1.00. The van der Waals surface area contributed by atoms with Crippen molar-refractivity contribution in [3.8, 4) is 0 Å². The van der Waals surface area contributed by atoms with E-state index in [9.17, 15) is 0 Å². The van der Waals surface area contributed by atoms with Gasteiger partial charge >= 0.3 is 0 Å². The third-order valence-electron chi connectivity index (χ3n) is 2.79. The van der Waals surface area contributed by atoms with Crippen LogP contribution < -0.4 is 5.73 Å². The fourth-order valence-corrected chi connectivity index (χ4v) is 1.92. The van der Waals surface area contributed by atoms with Crippen LogP contribution in [-0.2, 0) is 14.2 Å². The highest BCUT2D eigenvalue weighted by Crippen LogP contribution is 2.21. The molecule has 0 aromatic carbocycles. The third-order valence-corrected chi connectivity index (χ3v) is 2.79. The molecule has 1 fully saturated rings. The van der Waals surface area contributed by atoms with Crippen molar-refractivity contribution in [2.24, 2.45) is 11.7 Å². The zero-order valence-electron chi connectivity index (χ0n) is 9.78. The minimum Gasteiger partial charge on any atom is -0.381 e. The van der Waals surface area contributed by atoms with Gasteiger partial charge in [0, 0.05) is 26.4 Å². The molecule has 0 aromatic heterocycles. The Morgan fingerprint density at radius 3 is 2.20 bits per heavy atom. The Morgan fingerprint density at radius 2 is 1.73 bits per heavy atom. The van der Waals surface area contributed by atoms with Crippen molar-refractivity contribution in [3.63, 3.8) is 0 Å². The lowest BCUT2D eigenvalue weighted by Crippen LogP contribution is -2.46. The molecule has 0 amide bonds. The molecular weight excluding hydrogens is 194 g/mol. The summed E-state index contributed by atoms with van der Waals surface area (Å²) in [6.45, 7) is 6.82. The first-order chi connectivity index (χ1) is 7.29. The molecule has 0 bridgehead atoms. The number of hydrogen-bond acceptors (Lipinski definition) is 4. The molecule has 1 atom stereocenters. The summed E-state index contributed by atoms with van der Waals surface area (Å²) in [7, 11) is 0. The topological polar surface area (TPSA) is 53.7 Å². The molecule has 0 radical (unpaired) electrons. The van der Waals surface area contributed by atoms with Crippen molar-refractivity contribution < 1.29 is 14.2 Å². The molecule has 0 saturated carbocycles. The molecule has 15 heavy (non-hydrogen) atoms. The molecular formula is C11H23NO3. The van der Waals surface area contributed by atoms with Gasteiger partial charge in [-0.1, -0.05) is 0 Å². The molecule has 0 aliphatic carbocycles. The van der Waals surface area contributed by atoms with E-state index in [0.717, 1.165) is 26.1 Å². The standard InChI is InChI=1S/C11H23NO3/c1-3-14-11(15-4-2)10(12)9-5-7-13-8-6-9/h9-11H,3-8,12H2,1-2H3.